The number of hydrazone groups is 1. The molecule has 0 radical (unpaired) electrons. The van der Waals surface area contributed by atoms with E-state index >= 15 is 0 Å². The zero-order valence-corrected chi connectivity index (χ0v) is 13.3. The van der Waals surface area contributed by atoms with Crippen LogP contribution in [0.15, 0.2) is 44.7 Å². The minimum absolute atomic E-state index is 0.196. The number of hydrogen-bond donors (Lipinski definition) is 1. The second-order valence-corrected chi connectivity index (χ2v) is 6.13. The summed E-state index contributed by atoms with van der Waals surface area (Å²) >= 11 is 4.65. The Kier molecular flexibility index (Phi) is 3.80. The van der Waals surface area contributed by atoms with Crippen molar-refractivity contribution in [1.82, 2.24) is 14.6 Å². The number of halogens is 1. The molecule has 0 unspecified atom stereocenters. The molecule has 0 aliphatic carbocycles. The van der Waals surface area contributed by atoms with Crippen LogP contribution in [0.5, 0.6) is 0 Å². The predicted octanol–water partition coefficient (Wildman–Crippen LogP) is 2.67. The maximum Gasteiger partial charge on any atom is 0.275 e. The molecule has 106 valence electrons. The highest BCUT2D eigenvalue weighted by atomic mass is 79.9. The van der Waals surface area contributed by atoms with Crippen LogP contribution in [0.4, 0.5) is 5.13 Å². The lowest BCUT2D eigenvalue weighted by molar-refractivity contribution is 0.890. The normalized spacial score (nSPS) is 11.3. The zero-order chi connectivity index (χ0) is 14.8. The molecule has 1 aromatic carbocycles. The van der Waals surface area contributed by atoms with Gasteiger partial charge >= 0.3 is 0 Å². The fraction of sp³-hybridized carbons (Fsp3) is 0.0769. The summed E-state index contributed by atoms with van der Waals surface area (Å²) in [6.45, 7) is 1.78. The van der Waals surface area contributed by atoms with E-state index in [0.29, 0.717) is 15.8 Å². The van der Waals surface area contributed by atoms with Gasteiger partial charge in [-0.2, -0.15) is 9.62 Å². The van der Waals surface area contributed by atoms with Crippen LogP contribution >= 0.6 is 27.3 Å². The van der Waals surface area contributed by atoms with E-state index in [1.807, 2.05) is 24.3 Å². The molecule has 0 spiro atoms. The van der Waals surface area contributed by atoms with Crippen molar-refractivity contribution in [1.29, 1.82) is 0 Å². The van der Waals surface area contributed by atoms with Crippen LogP contribution in [-0.2, 0) is 0 Å². The molecule has 2 aromatic heterocycles. The van der Waals surface area contributed by atoms with Crippen molar-refractivity contribution < 1.29 is 0 Å². The highest BCUT2D eigenvalue weighted by Crippen LogP contribution is 2.16. The molecular weight excluding hydrogens is 354 g/mol. The van der Waals surface area contributed by atoms with E-state index in [4.69, 9.17) is 0 Å². The van der Waals surface area contributed by atoms with Gasteiger partial charge in [-0.15, -0.1) is 5.10 Å². The first-order valence-corrected chi connectivity index (χ1v) is 7.65. The largest absolute Gasteiger partial charge is 0.275 e. The van der Waals surface area contributed by atoms with Crippen molar-refractivity contribution in [3.8, 4) is 0 Å². The third-order valence-electron chi connectivity index (χ3n) is 2.62. The van der Waals surface area contributed by atoms with Crippen LogP contribution in [0.1, 0.15) is 11.3 Å². The number of nitrogens with zero attached hydrogens (tertiary/aromatic N) is 4. The van der Waals surface area contributed by atoms with Gasteiger partial charge in [0.1, 0.15) is 0 Å². The van der Waals surface area contributed by atoms with Crippen molar-refractivity contribution in [3.63, 3.8) is 0 Å². The first kappa shape index (κ1) is 13.9. The molecule has 0 bridgehead atoms. The number of rotatable bonds is 3. The summed E-state index contributed by atoms with van der Waals surface area (Å²) in [4.78, 5) is 16.5. The van der Waals surface area contributed by atoms with E-state index in [0.717, 1.165) is 10.0 Å². The summed E-state index contributed by atoms with van der Waals surface area (Å²) in [5.74, 6) is 0. The first-order valence-electron chi connectivity index (χ1n) is 6.04. The topological polar surface area (TPSA) is 71.7 Å². The molecule has 6 nitrogen and oxygen atoms in total. The summed E-state index contributed by atoms with van der Waals surface area (Å²) in [6, 6.07) is 9.18. The number of aromatic nitrogens is 3. The van der Waals surface area contributed by atoms with Crippen molar-refractivity contribution in [3.05, 3.63) is 56.4 Å². The van der Waals surface area contributed by atoms with Gasteiger partial charge in [0.05, 0.1) is 6.21 Å². The van der Waals surface area contributed by atoms with Crippen LogP contribution in [0.25, 0.3) is 4.96 Å². The third-order valence-corrected chi connectivity index (χ3v) is 3.96. The SMILES string of the molecule is Cc1cc(=O)n2nc(N/N=C\c3ccc(Br)cc3)sc2n1. The number of anilines is 1. The van der Waals surface area contributed by atoms with E-state index in [1.54, 1.807) is 13.1 Å². The van der Waals surface area contributed by atoms with Crippen LogP contribution < -0.4 is 11.0 Å². The Bertz CT molecular complexity index is 868. The van der Waals surface area contributed by atoms with Crippen LogP contribution in [-0.4, -0.2) is 20.8 Å². The Labute approximate surface area is 132 Å². The molecule has 0 fully saturated rings. The Morgan fingerprint density at radius 2 is 2.14 bits per heavy atom. The van der Waals surface area contributed by atoms with E-state index in [1.165, 1.54) is 21.9 Å². The molecule has 21 heavy (non-hydrogen) atoms. The van der Waals surface area contributed by atoms with Gasteiger partial charge in [0, 0.05) is 16.2 Å². The first-order chi connectivity index (χ1) is 10.1. The highest BCUT2D eigenvalue weighted by molar-refractivity contribution is 9.10. The highest BCUT2D eigenvalue weighted by Gasteiger charge is 2.06. The Morgan fingerprint density at radius 1 is 1.38 bits per heavy atom. The summed E-state index contributed by atoms with van der Waals surface area (Å²) in [5.41, 5.74) is 4.24. The number of aryl methyl sites for hydroxylation is 1. The van der Waals surface area contributed by atoms with E-state index < -0.39 is 0 Å². The molecule has 3 aromatic rings. The van der Waals surface area contributed by atoms with Gasteiger partial charge in [0.25, 0.3) is 5.56 Å². The summed E-state index contributed by atoms with van der Waals surface area (Å²) in [5, 5.41) is 8.74. The molecule has 1 N–H and O–H groups in total. The standard InChI is InChI=1S/C13H10BrN5OS/c1-8-6-11(20)19-13(16-8)21-12(18-19)17-15-7-9-2-4-10(14)5-3-9/h2-7H,1H3,(H,17,18)/b15-7-. The van der Waals surface area contributed by atoms with Gasteiger partial charge in [-0.25, -0.2) is 4.98 Å². The molecule has 0 amide bonds. The van der Waals surface area contributed by atoms with Crippen LogP contribution in [0.2, 0.25) is 0 Å². The van der Waals surface area contributed by atoms with E-state index in [-0.39, 0.29) is 5.56 Å². The minimum atomic E-state index is -0.196. The molecule has 0 saturated heterocycles. The van der Waals surface area contributed by atoms with Gasteiger partial charge in [0.15, 0.2) is 0 Å². The molecule has 2 heterocycles. The monoisotopic (exact) mass is 363 g/mol. The van der Waals surface area contributed by atoms with Crippen LogP contribution in [0.3, 0.4) is 0 Å². The van der Waals surface area contributed by atoms with Gasteiger partial charge in [-0.1, -0.05) is 39.4 Å². The molecule has 0 aliphatic rings. The molecule has 3 rings (SSSR count). The number of benzene rings is 1. The van der Waals surface area contributed by atoms with Crippen LogP contribution in [0, 0.1) is 6.92 Å². The van der Waals surface area contributed by atoms with Crippen molar-refractivity contribution >= 4 is 43.6 Å². The number of fused-ring (bicyclic) bond motifs is 1. The second-order valence-electron chi connectivity index (χ2n) is 4.26. The maximum absolute atomic E-state index is 11.7. The Morgan fingerprint density at radius 3 is 2.90 bits per heavy atom. The number of hydrogen-bond acceptors (Lipinski definition) is 6. The molecule has 8 heteroatoms. The summed E-state index contributed by atoms with van der Waals surface area (Å²) in [6.07, 6.45) is 1.68. The van der Waals surface area contributed by atoms with Crippen molar-refractivity contribution in [2.24, 2.45) is 5.10 Å². The summed E-state index contributed by atoms with van der Waals surface area (Å²) < 4.78 is 2.27. The lowest BCUT2D eigenvalue weighted by Gasteiger charge is -1.94. The molecule has 0 atom stereocenters. The van der Waals surface area contributed by atoms with E-state index in [9.17, 15) is 4.79 Å². The predicted molar refractivity (Wildman–Crippen MR) is 87.2 cm³/mol. The quantitative estimate of drug-likeness (QED) is 0.573. The average molecular weight is 364 g/mol. The Hall–Kier alpha value is -2.06. The molecule has 0 saturated carbocycles. The fourth-order valence-corrected chi connectivity index (χ4v) is 2.74. The summed E-state index contributed by atoms with van der Waals surface area (Å²) in [7, 11) is 0. The van der Waals surface area contributed by atoms with E-state index in [2.05, 4.69) is 36.5 Å². The van der Waals surface area contributed by atoms with Gasteiger partial charge < -0.3 is 0 Å². The Balaban J connectivity index is 1.80. The molecule has 0 aliphatic heterocycles. The van der Waals surface area contributed by atoms with Gasteiger partial charge in [-0.3, -0.25) is 10.2 Å². The fourth-order valence-electron chi connectivity index (χ4n) is 1.68. The van der Waals surface area contributed by atoms with Gasteiger partial charge in [-0.05, 0) is 24.6 Å². The molecular formula is C13H10BrN5OS. The average Bonchev–Trinajstić information content (AvgIpc) is 2.84. The maximum atomic E-state index is 11.7. The number of nitrogens with one attached hydrogen (secondary N) is 1. The zero-order valence-electron chi connectivity index (χ0n) is 10.9. The minimum Gasteiger partial charge on any atom is -0.267 e. The second kappa shape index (κ2) is 5.74. The van der Waals surface area contributed by atoms with Crippen molar-refractivity contribution in [2.75, 3.05) is 5.43 Å². The smallest absolute Gasteiger partial charge is 0.267 e. The van der Waals surface area contributed by atoms with Gasteiger partial charge in [0.2, 0.25) is 10.1 Å². The lowest BCUT2D eigenvalue weighted by Crippen LogP contribution is -2.14. The third kappa shape index (κ3) is 3.17. The van der Waals surface area contributed by atoms with Crippen molar-refractivity contribution in [2.45, 2.75) is 6.92 Å². The lowest BCUT2D eigenvalue weighted by atomic mass is 10.2.